The smallest absolute Gasteiger partial charge is 0.251 e. The first-order valence-corrected chi connectivity index (χ1v) is 11.3. The van der Waals surface area contributed by atoms with Crippen LogP contribution in [0.3, 0.4) is 0 Å². The Bertz CT molecular complexity index is 1210. The van der Waals surface area contributed by atoms with Crippen molar-refractivity contribution >= 4 is 28.6 Å². The fourth-order valence-electron chi connectivity index (χ4n) is 3.62. The van der Waals surface area contributed by atoms with Crippen LogP contribution in [0.4, 0.5) is 4.39 Å². The molecule has 31 heavy (non-hydrogen) atoms. The largest absolute Gasteiger partial charge is 0.350 e. The highest BCUT2D eigenvalue weighted by Crippen LogP contribution is 2.32. The average molecular weight is 433 g/mol. The van der Waals surface area contributed by atoms with Gasteiger partial charge in [-0.1, -0.05) is 42.0 Å². The van der Waals surface area contributed by atoms with Crippen LogP contribution in [0.2, 0.25) is 0 Å². The van der Waals surface area contributed by atoms with E-state index in [4.69, 9.17) is 0 Å². The van der Waals surface area contributed by atoms with Crippen LogP contribution in [0, 0.1) is 19.7 Å². The van der Waals surface area contributed by atoms with Crippen molar-refractivity contribution in [2.24, 2.45) is 0 Å². The Balaban J connectivity index is 1.45. The highest BCUT2D eigenvalue weighted by atomic mass is 32.2. The third kappa shape index (κ3) is 5.00. The number of aryl methyl sites for hydroxylation is 2. The molecule has 3 nitrogen and oxygen atoms in total. The summed E-state index contributed by atoms with van der Waals surface area (Å²) in [6, 6.07) is 20.5. The maximum Gasteiger partial charge on any atom is 0.251 e. The molecule has 5 heteroatoms. The molecule has 0 saturated heterocycles. The summed E-state index contributed by atoms with van der Waals surface area (Å²) in [7, 11) is 0. The number of nitrogens with one attached hydrogen (secondary N) is 1. The first kappa shape index (κ1) is 21.2. The summed E-state index contributed by atoms with van der Waals surface area (Å²) in [5.74, 6) is 0.380. The van der Waals surface area contributed by atoms with Crippen molar-refractivity contribution in [3.05, 3.63) is 101 Å². The molecule has 0 bridgehead atoms. The van der Waals surface area contributed by atoms with E-state index >= 15 is 0 Å². The van der Waals surface area contributed by atoms with Crippen LogP contribution in [0.1, 0.15) is 27.0 Å². The summed E-state index contributed by atoms with van der Waals surface area (Å²) in [6.07, 6.45) is 2.17. The van der Waals surface area contributed by atoms with Gasteiger partial charge < -0.3 is 9.88 Å². The maximum atomic E-state index is 13.1. The molecule has 0 atom stereocenters. The summed E-state index contributed by atoms with van der Waals surface area (Å²) in [4.78, 5) is 13.5. The number of para-hydroxylation sites is 1. The molecular weight excluding hydrogens is 407 g/mol. The molecule has 0 saturated carbocycles. The van der Waals surface area contributed by atoms with E-state index in [-0.39, 0.29) is 11.7 Å². The molecule has 0 aliphatic heterocycles. The van der Waals surface area contributed by atoms with Crippen LogP contribution in [0.15, 0.2) is 77.8 Å². The Hall–Kier alpha value is -3.05. The van der Waals surface area contributed by atoms with Gasteiger partial charge in [-0.15, -0.1) is 11.8 Å². The van der Waals surface area contributed by atoms with E-state index in [2.05, 4.69) is 66.3 Å². The number of rotatable bonds is 7. The van der Waals surface area contributed by atoms with E-state index in [0.717, 1.165) is 11.3 Å². The number of hydrogen-bond acceptors (Lipinski definition) is 2. The van der Waals surface area contributed by atoms with Gasteiger partial charge in [0, 0.05) is 46.4 Å². The van der Waals surface area contributed by atoms with E-state index in [0.29, 0.717) is 18.7 Å². The highest BCUT2D eigenvalue weighted by Gasteiger charge is 2.11. The van der Waals surface area contributed by atoms with Crippen LogP contribution >= 0.6 is 11.8 Å². The van der Waals surface area contributed by atoms with Crippen molar-refractivity contribution in [3.8, 4) is 0 Å². The molecule has 1 aromatic heterocycles. The summed E-state index contributed by atoms with van der Waals surface area (Å²) >= 11 is 1.84. The van der Waals surface area contributed by atoms with Gasteiger partial charge in [0.15, 0.2) is 0 Å². The second-order valence-corrected chi connectivity index (χ2v) is 8.70. The van der Waals surface area contributed by atoms with Gasteiger partial charge >= 0.3 is 0 Å². The monoisotopic (exact) mass is 432 g/mol. The fourth-order valence-corrected chi connectivity index (χ4v) is 4.77. The zero-order valence-electron chi connectivity index (χ0n) is 17.7. The lowest BCUT2D eigenvalue weighted by atomic mass is 10.1. The predicted octanol–water partition coefficient (Wildman–Crippen LogP) is 6.12. The number of hydrogen-bond donors (Lipinski definition) is 1. The molecular formula is C26H25FN2OS. The van der Waals surface area contributed by atoms with E-state index < -0.39 is 0 Å². The van der Waals surface area contributed by atoms with Gasteiger partial charge in [-0.05, 0) is 55.3 Å². The van der Waals surface area contributed by atoms with Gasteiger partial charge in [-0.3, -0.25) is 4.79 Å². The van der Waals surface area contributed by atoms with E-state index in [9.17, 15) is 9.18 Å². The van der Waals surface area contributed by atoms with Crippen molar-refractivity contribution in [1.82, 2.24) is 9.88 Å². The molecule has 1 heterocycles. The summed E-state index contributed by atoms with van der Waals surface area (Å²) < 4.78 is 15.2. The lowest BCUT2D eigenvalue weighted by Gasteiger charge is -2.08. The second-order valence-electron chi connectivity index (χ2n) is 7.69. The summed E-state index contributed by atoms with van der Waals surface area (Å²) in [6.45, 7) is 5.44. The van der Waals surface area contributed by atoms with Crippen molar-refractivity contribution in [3.63, 3.8) is 0 Å². The first-order valence-electron chi connectivity index (χ1n) is 10.3. The minimum Gasteiger partial charge on any atom is -0.350 e. The SMILES string of the molecule is Cc1ccc(C)c(CSc2cn(CCNC(=O)c3ccc(F)cc3)c3ccccc23)c1. The molecule has 0 radical (unpaired) electrons. The maximum absolute atomic E-state index is 13.1. The number of fused-ring (bicyclic) bond motifs is 1. The lowest BCUT2D eigenvalue weighted by molar-refractivity contribution is 0.0952. The molecule has 4 aromatic rings. The van der Waals surface area contributed by atoms with Crippen molar-refractivity contribution in [1.29, 1.82) is 0 Å². The highest BCUT2D eigenvalue weighted by molar-refractivity contribution is 7.98. The molecule has 0 aliphatic carbocycles. The van der Waals surface area contributed by atoms with E-state index in [1.807, 2.05) is 17.8 Å². The third-order valence-corrected chi connectivity index (χ3v) is 6.48. The molecule has 0 fully saturated rings. The van der Waals surface area contributed by atoms with Crippen molar-refractivity contribution in [2.75, 3.05) is 6.54 Å². The Morgan fingerprint density at radius 3 is 2.61 bits per heavy atom. The fraction of sp³-hybridized carbons (Fsp3) is 0.192. The molecule has 1 amide bonds. The van der Waals surface area contributed by atoms with Crippen LogP contribution in [-0.2, 0) is 12.3 Å². The van der Waals surface area contributed by atoms with Gasteiger partial charge in [0.2, 0.25) is 0 Å². The number of carbonyl (C=O) groups excluding carboxylic acids is 1. The average Bonchev–Trinajstić information content (AvgIpc) is 3.12. The van der Waals surface area contributed by atoms with Gasteiger partial charge in [-0.25, -0.2) is 4.39 Å². The molecule has 158 valence electrons. The van der Waals surface area contributed by atoms with Crippen molar-refractivity contribution in [2.45, 2.75) is 31.0 Å². The number of carbonyl (C=O) groups is 1. The number of amides is 1. The third-order valence-electron chi connectivity index (χ3n) is 5.38. The number of aromatic nitrogens is 1. The lowest BCUT2D eigenvalue weighted by Crippen LogP contribution is -2.27. The van der Waals surface area contributed by atoms with Gasteiger partial charge in [0.1, 0.15) is 5.82 Å². The van der Waals surface area contributed by atoms with Gasteiger partial charge in [-0.2, -0.15) is 0 Å². The van der Waals surface area contributed by atoms with Crippen LogP contribution < -0.4 is 5.32 Å². The summed E-state index contributed by atoms with van der Waals surface area (Å²) in [5, 5.41) is 4.15. The molecule has 3 aromatic carbocycles. The number of halogens is 1. The quantitative estimate of drug-likeness (QED) is 0.357. The van der Waals surface area contributed by atoms with Gasteiger partial charge in [0.25, 0.3) is 5.91 Å². The minimum absolute atomic E-state index is 0.194. The molecule has 0 aliphatic rings. The van der Waals surface area contributed by atoms with Crippen molar-refractivity contribution < 1.29 is 9.18 Å². The topological polar surface area (TPSA) is 34.0 Å². The Morgan fingerprint density at radius 2 is 1.81 bits per heavy atom. The Morgan fingerprint density at radius 1 is 1.03 bits per heavy atom. The Kier molecular flexibility index (Phi) is 6.42. The molecule has 0 spiro atoms. The molecule has 1 N–H and O–H groups in total. The van der Waals surface area contributed by atoms with Crippen LogP contribution in [0.25, 0.3) is 10.9 Å². The first-order chi connectivity index (χ1) is 15.0. The van der Waals surface area contributed by atoms with E-state index in [1.54, 1.807) is 0 Å². The summed E-state index contributed by atoms with van der Waals surface area (Å²) in [5.41, 5.74) is 5.56. The van der Waals surface area contributed by atoms with E-state index in [1.165, 1.54) is 51.2 Å². The van der Waals surface area contributed by atoms with Gasteiger partial charge in [0.05, 0.1) is 0 Å². The molecule has 0 unspecified atom stereocenters. The second kappa shape index (κ2) is 9.40. The number of thioether (sulfide) groups is 1. The number of benzene rings is 3. The molecule has 4 rings (SSSR count). The predicted molar refractivity (Wildman–Crippen MR) is 126 cm³/mol. The number of nitrogens with zero attached hydrogens (tertiary/aromatic N) is 1. The zero-order valence-corrected chi connectivity index (χ0v) is 18.5. The van der Waals surface area contributed by atoms with Crippen LogP contribution in [0.5, 0.6) is 0 Å². The standard InChI is InChI=1S/C26H25FN2OS/c1-18-7-8-19(2)21(15-18)17-31-25-16-29(24-6-4-3-5-23(24)25)14-13-28-26(30)20-9-11-22(27)12-10-20/h3-12,15-16H,13-14,17H2,1-2H3,(H,28,30). The van der Waals surface area contributed by atoms with Crippen LogP contribution in [-0.4, -0.2) is 17.0 Å². The zero-order chi connectivity index (χ0) is 21.8. The Labute approximate surface area is 186 Å². The normalized spacial score (nSPS) is 11.1. The minimum atomic E-state index is -0.346.